The SMILES string of the molecule is Cc1ccc(C)c(N2CCN(c3cnc(C#N)cn3)CC2)c1. The first-order chi connectivity index (χ1) is 10.7. The van der Waals surface area contributed by atoms with Gasteiger partial charge < -0.3 is 9.80 Å². The van der Waals surface area contributed by atoms with Crippen LogP contribution in [0.5, 0.6) is 0 Å². The van der Waals surface area contributed by atoms with Gasteiger partial charge in [0.1, 0.15) is 11.9 Å². The number of aryl methyl sites for hydroxylation is 2. The number of hydrogen-bond donors (Lipinski definition) is 0. The molecule has 0 unspecified atom stereocenters. The second kappa shape index (κ2) is 6.02. The van der Waals surface area contributed by atoms with Crippen LogP contribution < -0.4 is 9.80 Å². The monoisotopic (exact) mass is 293 g/mol. The standard InChI is InChI=1S/C17H19N5/c1-13-3-4-14(2)16(9-13)21-5-7-22(8-6-21)17-12-19-15(10-18)11-20-17/h3-4,9,11-12H,5-8H2,1-2H3. The summed E-state index contributed by atoms with van der Waals surface area (Å²) in [4.78, 5) is 13.1. The Balaban J connectivity index is 1.69. The van der Waals surface area contributed by atoms with Crippen LogP contribution >= 0.6 is 0 Å². The van der Waals surface area contributed by atoms with E-state index in [1.807, 2.05) is 6.07 Å². The van der Waals surface area contributed by atoms with Crippen molar-refractivity contribution in [1.82, 2.24) is 9.97 Å². The molecule has 2 heterocycles. The summed E-state index contributed by atoms with van der Waals surface area (Å²) in [5.41, 5.74) is 4.29. The average Bonchev–Trinajstić information content (AvgIpc) is 2.57. The van der Waals surface area contributed by atoms with E-state index in [9.17, 15) is 0 Å². The van der Waals surface area contributed by atoms with Crippen molar-refractivity contribution < 1.29 is 0 Å². The Kier molecular flexibility index (Phi) is 3.92. The maximum absolute atomic E-state index is 8.78. The third-order valence-electron chi connectivity index (χ3n) is 4.06. The van der Waals surface area contributed by atoms with Crippen molar-refractivity contribution in [1.29, 1.82) is 5.26 Å². The van der Waals surface area contributed by atoms with Gasteiger partial charge in [0, 0.05) is 31.9 Å². The molecule has 1 aromatic carbocycles. The molecular weight excluding hydrogens is 274 g/mol. The lowest BCUT2D eigenvalue weighted by atomic mass is 10.1. The predicted octanol–water partition coefficient (Wildman–Crippen LogP) is 2.29. The van der Waals surface area contributed by atoms with Gasteiger partial charge in [0.2, 0.25) is 0 Å². The fourth-order valence-electron chi connectivity index (χ4n) is 2.78. The molecule has 1 aliphatic rings. The number of piperazine rings is 1. The third kappa shape index (κ3) is 2.86. The minimum absolute atomic E-state index is 0.359. The summed E-state index contributed by atoms with van der Waals surface area (Å²) in [7, 11) is 0. The fraction of sp³-hybridized carbons (Fsp3) is 0.353. The van der Waals surface area contributed by atoms with Crippen LogP contribution in [-0.2, 0) is 0 Å². The Hall–Kier alpha value is -2.61. The number of nitrogens with zero attached hydrogens (tertiary/aromatic N) is 5. The van der Waals surface area contributed by atoms with Crippen LogP contribution in [0.1, 0.15) is 16.8 Å². The molecule has 5 nitrogen and oxygen atoms in total. The van der Waals surface area contributed by atoms with Gasteiger partial charge in [0.15, 0.2) is 5.69 Å². The Labute approximate surface area is 130 Å². The zero-order valence-electron chi connectivity index (χ0n) is 13.0. The molecule has 0 bridgehead atoms. The molecule has 0 atom stereocenters. The first-order valence-electron chi connectivity index (χ1n) is 7.46. The van der Waals surface area contributed by atoms with E-state index in [2.05, 4.69) is 51.8 Å². The first-order valence-corrected chi connectivity index (χ1v) is 7.46. The maximum atomic E-state index is 8.78. The maximum Gasteiger partial charge on any atom is 0.158 e. The smallest absolute Gasteiger partial charge is 0.158 e. The van der Waals surface area contributed by atoms with Crippen molar-refractivity contribution >= 4 is 11.5 Å². The predicted molar refractivity (Wildman–Crippen MR) is 87.1 cm³/mol. The van der Waals surface area contributed by atoms with Gasteiger partial charge in [-0.1, -0.05) is 12.1 Å². The average molecular weight is 293 g/mol. The van der Waals surface area contributed by atoms with Crippen molar-refractivity contribution in [2.75, 3.05) is 36.0 Å². The van der Waals surface area contributed by atoms with Gasteiger partial charge >= 0.3 is 0 Å². The highest BCUT2D eigenvalue weighted by Crippen LogP contribution is 2.23. The molecule has 0 N–H and O–H groups in total. The van der Waals surface area contributed by atoms with Crippen molar-refractivity contribution in [3.8, 4) is 6.07 Å². The minimum Gasteiger partial charge on any atom is -0.368 e. The van der Waals surface area contributed by atoms with E-state index in [0.29, 0.717) is 5.69 Å². The molecule has 0 spiro atoms. The van der Waals surface area contributed by atoms with Gasteiger partial charge in [-0.2, -0.15) is 5.26 Å². The lowest BCUT2D eigenvalue weighted by Crippen LogP contribution is -2.47. The third-order valence-corrected chi connectivity index (χ3v) is 4.06. The molecule has 0 radical (unpaired) electrons. The zero-order chi connectivity index (χ0) is 15.5. The van der Waals surface area contributed by atoms with Crippen molar-refractivity contribution in [2.24, 2.45) is 0 Å². The van der Waals surface area contributed by atoms with E-state index in [4.69, 9.17) is 5.26 Å². The summed E-state index contributed by atoms with van der Waals surface area (Å²) < 4.78 is 0. The highest BCUT2D eigenvalue weighted by molar-refractivity contribution is 5.56. The van der Waals surface area contributed by atoms with Crippen molar-refractivity contribution in [3.63, 3.8) is 0 Å². The summed E-state index contributed by atoms with van der Waals surface area (Å²) in [6.45, 7) is 8.04. The highest BCUT2D eigenvalue weighted by atomic mass is 15.3. The number of rotatable bonds is 2. The first kappa shape index (κ1) is 14.3. The molecule has 3 rings (SSSR count). The van der Waals surface area contributed by atoms with Crippen molar-refractivity contribution in [2.45, 2.75) is 13.8 Å². The van der Waals surface area contributed by atoms with Crippen LogP contribution in [0.4, 0.5) is 11.5 Å². The lowest BCUT2D eigenvalue weighted by molar-refractivity contribution is 0.645. The molecule has 0 saturated carbocycles. The summed E-state index contributed by atoms with van der Waals surface area (Å²) in [6.07, 6.45) is 3.22. The molecular formula is C17H19N5. The van der Waals surface area contributed by atoms with E-state index in [-0.39, 0.29) is 0 Å². The van der Waals surface area contributed by atoms with Gasteiger partial charge in [0.25, 0.3) is 0 Å². The van der Waals surface area contributed by atoms with E-state index in [1.165, 1.54) is 23.0 Å². The van der Waals surface area contributed by atoms with E-state index < -0.39 is 0 Å². The molecule has 1 aliphatic heterocycles. The molecule has 2 aromatic rings. The molecule has 1 aromatic heterocycles. The van der Waals surface area contributed by atoms with Crippen LogP contribution in [0, 0.1) is 25.2 Å². The van der Waals surface area contributed by atoms with Crippen LogP contribution in [0.15, 0.2) is 30.6 Å². The molecule has 112 valence electrons. The Bertz CT molecular complexity index is 694. The summed E-state index contributed by atoms with van der Waals surface area (Å²) in [6, 6.07) is 8.59. The van der Waals surface area contributed by atoms with Crippen LogP contribution in [0.3, 0.4) is 0 Å². The normalized spacial score (nSPS) is 14.8. The van der Waals surface area contributed by atoms with Gasteiger partial charge in [-0.05, 0) is 31.0 Å². The van der Waals surface area contributed by atoms with E-state index in [0.717, 1.165) is 32.0 Å². The van der Waals surface area contributed by atoms with Crippen LogP contribution in [-0.4, -0.2) is 36.1 Å². The van der Waals surface area contributed by atoms with Gasteiger partial charge in [0.05, 0.1) is 12.4 Å². The summed E-state index contributed by atoms with van der Waals surface area (Å²) in [5, 5.41) is 8.78. The van der Waals surface area contributed by atoms with Gasteiger partial charge in [-0.3, -0.25) is 0 Å². The summed E-state index contributed by atoms with van der Waals surface area (Å²) >= 11 is 0. The van der Waals surface area contributed by atoms with Crippen LogP contribution in [0.2, 0.25) is 0 Å². The number of aromatic nitrogens is 2. The van der Waals surface area contributed by atoms with E-state index in [1.54, 1.807) is 6.20 Å². The minimum atomic E-state index is 0.359. The largest absolute Gasteiger partial charge is 0.368 e. The van der Waals surface area contributed by atoms with Crippen LogP contribution in [0.25, 0.3) is 0 Å². The summed E-state index contributed by atoms with van der Waals surface area (Å²) in [5.74, 6) is 0.847. The second-order valence-electron chi connectivity index (χ2n) is 5.64. The topological polar surface area (TPSA) is 56.0 Å². The number of nitriles is 1. The molecule has 0 aliphatic carbocycles. The molecule has 22 heavy (non-hydrogen) atoms. The lowest BCUT2D eigenvalue weighted by Gasteiger charge is -2.37. The Morgan fingerprint density at radius 1 is 1.00 bits per heavy atom. The molecule has 1 saturated heterocycles. The van der Waals surface area contributed by atoms with Gasteiger partial charge in [-0.15, -0.1) is 0 Å². The highest BCUT2D eigenvalue weighted by Gasteiger charge is 2.19. The Morgan fingerprint density at radius 3 is 2.36 bits per heavy atom. The number of hydrogen-bond acceptors (Lipinski definition) is 5. The molecule has 5 heteroatoms. The van der Waals surface area contributed by atoms with Crippen molar-refractivity contribution in [3.05, 3.63) is 47.4 Å². The Morgan fingerprint density at radius 2 is 1.73 bits per heavy atom. The fourth-order valence-corrected chi connectivity index (χ4v) is 2.78. The number of benzene rings is 1. The van der Waals surface area contributed by atoms with E-state index >= 15 is 0 Å². The molecule has 0 amide bonds. The quantitative estimate of drug-likeness (QED) is 0.850. The second-order valence-corrected chi connectivity index (χ2v) is 5.64. The van der Waals surface area contributed by atoms with Gasteiger partial charge in [-0.25, -0.2) is 9.97 Å². The molecule has 1 fully saturated rings. The number of anilines is 2. The zero-order valence-corrected chi connectivity index (χ0v) is 13.0.